The van der Waals surface area contributed by atoms with Crippen LogP contribution in [0.2, 0.25) is 0 Å². The summed E-state index contributed by atoms with van der Waals surface area (Å²) in [6.07, 6.45) is 0. The lowest BCUT2D eigenvalue weighted by Crippen LogP contribution is -2.48. The van der Waals surface area contributed by atoms with Crippen LogP contribution < -0.4 is 10.1 Å². The van der Waals surface area contributed by atoms with Crippen molar-refractivity contribution in [1.29, 1.82) is 0 Å². The van der Waals surface area contributed by atoms with Crippen LogP contribution in [0.3, 0.4) is 0 Å². The SMILES string of the molecule is COc1ccc(CNc2ccc(CN3CCN(CC(C)(C)C)CC3)cc2)cc1. The van der Waals surface area contributed by atoms with Gasteiger partial charge in [-0.3, -0.25) is 4.90 Å². The zero-order valence-corrected chi connectivity index (χ0v) is 17.9. The molecular formula is C24H35N3O. The van der Waals surface area contributed by atoms with Gasteiger partial charge in [0.05, 0.1) is 7.11 Å². The Balaban J connectivity index is 1.43. The maximum atomic E-state index is 5.21. The molecule has 2 aromatic rings. The lowest BCUT2D eigenvalue weighted by Gasteiger charge is -2.37. The Hall–Kier alpha value is -2.04. The standard InChI is InChI=1S/C24H35N3O/c1-24(2,3)19-27-15-13-26(14-16-27)18-21-5-9-22(10-6-21)25-17-20-7-11-23(28-4)12-8-20/h5-12,25H,13-19H2,1-4H3. The molecule has 0 aliphatic carbocycles. The van der Waals surface area contributed by atoms with Crippen LogP contribution in [0.5, 0.6) is 5.75 Å². The smallest absolute Gasteiger partial charge is 0.118 e. The van der Waals surface area contributed by atoms with Crippen LogP contribution in [0.15, 0.2) is 48.5 Å². The van der Waals surface area contributed by atoms with E-state index in [0.717, 1.165) is 37.6 Å². The molecule has 0 atom stereocenters. The summed E-state index contributed by atoms with van der Waals surface area (Å²) in [4.78, 5) is 5.17. The number of nitrogens with one attached hydrogen (secondary N) is 1. The summed E-state index contributed by atoms with van der Waals surface area (Å²) in [7, 11) is 1.70. The first-order valence-corrected chi connectivity index (χ1v) is 10.3. The van der Waals surface area contributed by atoms with Gasteiger partial charge in [-0.15, -0.1) is 0 Å². The van der Waals surface area contributed by atoms with Crippen LogP contribution in [0, 0.1) is 5.41 Å². The molecule has 0 aromatic heterocycles. The van der Waals surface area contributed by atoms with Crippen molar-refractivity contribution < 1.29 is 4.74 Å². The van der Waals surface area contributed by atoms with Gasteiger partial charge in [0.15, 0.2) is 0 Å². The number of piperazine rings is 1. The Morgan fingerprint density at radius 2 is 1.39 bits per heavy atom. The Labute approximate surface area is 170 Å². The van der Waals surface area contributed by atoms with Gasteiger partial charge in [0.1, 0.15) is 5.75 Å². The molecule has 28 heavy (non-hydrogen) atoms. The highest BCUT2D eigenvalue weighted by Crippen LogP contribution is 2.18. The molecule has 0 saturated carbocycles. The van der Waals surface area contributed by atoms with Gasteiger partial charge in [0.2, 0.25) is 0 Å². The molecule has 4 nitrogen and oxygen atoms in total. The van der Waals surface area contributed by atoms with Gasteiger partial charge in [-0.05, 0) is 40.8 Å². The number of nitrogens with zero attached hydrogens (tertiary/aromatic N) is 2. The van der Waals surface area contributed by atoms with E-state index in [1.54, 1.807) is 7.11 Å². The van der Waals surface area contributed by atoms with E-state index >= 15 is 0 Å². The van der Waals surface area contributed by atoms with Crippen LogP contribution in [-0.2, 0) is 13.1 Å². The zero-order valence-electron chi connectivity index (χ0n) is 17.9. The predicted octanol–water partition coefficient (Wildman–Crippen LogP) is 4.47. The molecule has 1 heterocycles. The van der Waals surface area contributed by atoms with Crippen LogP contribution in [0.1, 0.15) is 31.9 Å². The molecule has 1 aliphatic rings. The fourth-order valence-corrected chi connectivity index (χ4v) is 3.71. The number of methoxy groups -OCH3 is 1. The minimum Gasteiger partial charge on any atom is -0.497 e. The first kappa shape index (κ1) is 20.7. The van der Waals surface area contributed by atoms with Crippen LogP contribution in [-0.4, -0.2) is 49.6 Å². The molecule has 0 unspecified atom stereocenters. The van der Waals surface area contributed by atoms with E-state index < -0.39 is 0 Å². The van der Waals surface area contributed by atoms with Crippen LogP contribution in [0.4, 0.5) is 5.69 Å². The molecule has 0 spiro atoms. The lowest BCUT2D eigenvalue weighted by atomic mass is 9.96. The van der Waals surface area contributed by atoms with Gasteiger partial charge in [0.25, 0.3) is 0 Å². The molecule has 0 radical (unpaired) electrons. The highest BCUT2D eigenvalue weighted by Gasteiger charge is 2.21. The van der Waals surface area contributed by atoms with E-state index in [2.05, 4.69) is 72.3 Å². The van der Waals surface area contributed by atoms with Crippen molar-refractivity contribution in [2.45, 2.75) is 33.9 Å². The second-order valence-corrected chi connectivity index (χ2v) is 9.01. The van der Waals surface area contributed by atoms with E-state index in [1.165, 1.54) is 30.8 Å². The summed E-state index contributed by atoms with van der Waals surface area (Å²) in [5, 5.41) is 3.50. The van der Waals surface area contributed by atoms with E-state index in [1.807, 2.05) is 12.1 Å². The molecule has 1 fully saturated rings. The summed E-state index contributed by atoms with van der Waals surface area (Å²) in [6.45, 7) is 14.7. The molecule has 152 valence electrons. The number of hydrogen-bond acceptors (Lipinski definition) is 4. The molecule has 1 saturated heterocycles. The monoisotopic (exact) mass is 381 g/mol. The summed E-state index contributed by atoms with van der Waals surface area (Å²) in [5.41, 5.74) is 4.18. The van der Waals surface area contributed by atoms with Crippen molar-refractivity contribution in [1.82, 2.24) is 9.80 Å². The molecule has 0 amide bonds. The largest absolute Gasteiger partial charge is 0.497 e. The lowest BCUT2D eigenvalue weighted by molar-refractivity contribution is 0.0983. The average molecular weight is 382 g/mol. The Morgan fingerprint density at radius 3 is 1.96 bits per heavy atom. The van der Waals surface area contributed by atoms with Gasteiger partial charge in [-0.2, -0.15) is 0 Å². The minimum atomic E-state index is 0.386. The quantitative estimate of drug-likeness (QED) is 0.766. The van der Waals surface area contributed by atoms with Gasteiger partial charge >= 0.3 is 0 Å². The molecule has 2 aromatic carbocycles. The predicted molar refractivity (Wildman–Crippen MR) is 118 cm³/mol. The highest BCUT2D eigenvalue weighted by atomic mass is 16.5. The van der Waals surface area contributed by atoms with Gasteiger partial charge in [-0.25, -0.2) is 0 Å². The second kappa shape index (κ2) is 9.44. The number of rotatable bonds is 7. The second-order valence-electron chi connectivity index (χ2n) is 9.01. The molecular weight excluding hydrogens is 346 g/mol. The maximum absolute atomic E-state index is 5.21. The average Bonchev–Trinajstić information content (AvgIpc) is 2.68. The number of benzene rings is 2. The third-order valence-electron chi connectivity index (χ3n) is 5.18. The van der Waals surface area contributed by atoms with E-state index in [9.17, 15) is 0 Å². The molecule has 3 rings (SSSR count). The summed E-state index contributed by atoms with van der Waals surface area (Å²) < 4.78 is 5.21. The number of ether oxygens (including phenoxy) is 1. The maximum Gasteiger partial charge on any atom is 0.118 e. The van der Waals surface area contributed by atoms with Crippen molar-refractivity contribution in [2.24, 2.45) is 5.41 Å². The van der Waals surface area contributed by atoms with Crippen molar-refractivity contribution >= 4 is 5.69 Å². The van der Waals surface area contributed by atoms with Gasteiger partial charge in [0, 0.05) is 51.5 Å². The minimum absolute atomic E-state index is 0.386. The van der Waals surface area contributed by atoms with E-state index in [4.69, 9.17) is 4.74 Å². The first-order chi connectivity index (χ1) is 13.4. The molecule has 1 aliphatic heterocycles. The molecule has 4 heteroatoms. The molecule has 1 N–H and O–H groups in total. The Morgan fingerprint density at radius 1 is 0.821 bits per heavy atom. The third-order valence-corrected chi connectivity index (χ3v) is 5.18. The highest BCUT2D eigenvalue weighted by molar-refractivity contribution is 5.45. The van der Waals surface area contributed by atoms with Crippen molar-refractivity contribution in [3.05, 3.63) is 59.7 Å². The Kier molecular flexibility index (Phi) is 6.97. The van der Waals surface area contributed by atoms with E-state index in [0.29, 0.717) is 5.41 Å². The van der Waals surface area contributed by atoms with Crippen molar-refractivity contribution in [2.75, 3.05) is 45.2 Å². The summed E-state index contributed by atoms with van der Waals surface area (Å²) >= 11 is 0. The Bertz CT molecular complexity index is 711. The fourth-order valence-electron chi connectivity index (χ4n) is 3.71. The third kappa shape index (κ3) is 6.54. The zero-order chi connectivity index (χ0) is 20.0. The van der Waals surface area contributed by atoms with Gasteiger partial charge < -0.3 is 15.0 Å². The summed E-state index contributed by atoms with van der Waals surface area (Å²) in [6, 6.07) is 17.1. The van der Waals surface area contributed by atoms with Crippen molar-refractivity contribution in [3.63, 3.8) is 0 Å². The summed E-state index contributed by atoms with van der Waals surface area (Å²) in [5.74, 6) is 0.896. The first-order valence-electron chi connectivity index (χ1n) is 10.3. The van der Waals surface area contributed by atoms with Gasteiger partial charge in [-0.1, -0.05) is 45.0 Å². The number of anilines is 1. The van der Waals surface area contributed by atoms with Crippen LogP contribution >= 0.6 is 0 Å². The normalized spacial score (nSPS) is 16.1. The molecule has 0 bridgehead atoms. The fraction of sp³-hybridized carbons (Fsp3) is 0.500. The number of hydrogen-bond donors (Lipinski definition) is 1. The topological polar surface area (TPSA) is 27.7 Å². The van der Waals surface area contributed by atoms with Crippen molar-refractivity contribution in [3.8, 4) is 5.75 Å². The van der Waals surface area contributed by atoms with E-state index in [-0.39, 0.29) is 0 Å². The van der Waals surface area contributed by atoms with Crippen LogP contribution in [0.25, 0.3) is 0 Å².